The van der Waals surface area contributed by atoms with Crippen LogP contribution < -0.4 is 0 Å². The molecule has 15 heavy (non-hydrogen) atoms. The SMILES string of the molecule is CC(C)c1csc(-c2ccc(O)cc2)n1. The normalized spacial score (nSPS) is 10.9. The smallest absolute Gasteiger partial charge is 0.123 e. The third kappa shape index (κ3) is 2.18. The average Bonchev–Trinajstić information content (AvgIpc) is 2.68. The zero-order valence-electron chi connectivity index (χ0n) is 8.77. The van der Waals surface area contributed by atoms with Crippen LogP contribution in [0, 0.1) is 0 Å². The standard InChI is InChI=1S/C12H13NOS/c1-8(2)11-7-15-12(13-11)9-3-5-10(14)6-4-9/h3-8,14H,1-2H3. The molecule has 78 valence electrons. The van der Waals surface area contributed by atoms with E-state index in [1.54, 1.807) is 23.5 Å². The van der Waals surface area contributed by atoms with Crippen molar-refractivity contribution in [2.45, 2.75) is 19.8 Å². The van der Waals surface area contributed by atoms with E-state index >= 15 is 0 Å². The van der Waals surface area contributed by atoms with Crippen LogP contribution in [-0.2, 0) is 0 Å². The lowest BCUT2D eigenvalue weighted by atomic mass is 10.1. The molecule has 0 radical (unpaired) electrons. The Morgan fingerprint density at radius 2 is 1.87 bits per heavy atom. The summed E-state index contributed by atoms with van der Waals surface area (Å²) in [4.78, 5) is 4.55. The first-order valence-corrected chi connectivity index (χ1v) is 5.79. The molecular formula is C12H13NOS. The molecule has 2 aromatic rings. The first-order chi connectivity index (χ1) is 7.16. The number of aromatic hydroxyl groups is 1. The summed E-state index contributed by atoms with van der Waals surface area (Å²) in [6.07, 6.45) is 0. The van der Waals surface area contributed by atoms with Crippen molar-refractivity contribution in [1.82, 2.24) is 4.98 Å². The third-order valence-corrected chi connectivity index (χ3v) is 3.14. The first-order valence-electron chi connectivity index (χ1n) is 4.91. The number of thiazole rings is 1. The van der Waals surface area contributed by atoms with Gasteiger partial charge < -0.3 is 5.11 Å². The van der Waals surface area contributed by atoms with Crippen molar-refractivity contribution in [1.29, 1.82) is 0 Å². The molecule has 2 nitrogen and oxygen atoms in total. The van der Waals surface area contributed by atoms with Crippen LogP contribution in [0.25, 0.3) is 10.6 Å². The minimum atomic E-state index is 0.291. The van der Waals surface area contributed by atoms with Gasteiger partial charge in [0.05, 0.1) is 5.69 Å². The van der Waals surface area contributed by atoms with Crippen LogP contribution in [0.3, 0.4) is 0 Å². The highest BCUT2D eigenvalue weighted by atomic mass is 32.1. The summed E-state index contributed by atoms with van der Waals surface area (Å²) in [6, 6.07) is 7.15. The molecule has 0 spiro atoms. The molecule has 0 fully saturated rings. The Morgan fingerprint density at radius 1 is 1.20 bits per heavy atom. The quantitative estimate of drug-likeness (QED) is 0.836. The van der Waals surface area contributed by atoms with E-state index in [0.29, 0.717) is 11.7 Å². The minimum absolute atomic E-state index is 0.291. The number of phenols is 1. The number of hydrogen-bond acceptors (Lipinski definition) is 3. The number of hydrogen-bond donors (Lipinski definition) is 1. The fraction of sp³-hybridized carbons (Fsp3) is 0.250. The molecule has 0 saturated heterocycles. The van der Waals surface area contributed by atoms with Crippen molar-refractivity contribution in [3.05, 3.63) is 35.3 Å². The largest absolute Gasteiger partial charge is 0.508 e. The molecule has 0 bridgehead atoms. The van der Waals surface area contributed by atoms with Crippen LogP contribution >= 0.6 is 11.3 Å². The molecule has 2 rings (SSSR count). The monoisotopic (exact) mass is 219 g/mol. The summed E-state index contributed by atoms with van der Waals surface area (Å²) >= 11 is 1.64. The molecule has 0 aliphatic carbocycles. The Labute approximate surface area is 93.2 Å². The molecule has 0 amide bonds. The average molecular weight is 219 g/mol. The Morgan fingerprint density at radius 3 is 2.40 bits per heavy atom. The maximum atomic E-state index is 9.18. The molecule has 0 aliphatic rings. The maximum absolute atomic E-state index is 9.18. The molecule has 1 aromatic carbocycles. The zero-order valence-corrected chi connectivity index (χ0v) is 9.58. The predicted molar refractivity (Wildman–Crippen MR) is 63.3 cm³/mol. The lowest BCUT2D eigenvalue weighted by molar-refractivity contribution is 0.475. The second-order valence-corrected chi connectivity index (χ2v) is 4.64. The van der Waals surface area contributed by atoms with Crippen molar-refractivity contribution < 1.29 is 5.11 Å². The van der Waals surface area contributed by atoms with Gasteiger partial charge in [0.25, 0.3) is 0 Å². The molecule has 1 N–H and O–H groups in total. The third-order valence-electron chi connectivity index (χ3n) is 2.23. The zero-order chi connectivity index (χ0) is 10.8. The lowest BCUT2D eigenvalue weighted by Gasteiger charge is -1.98. The molecule has 0 unspecified atom stereocenters. The predicted octanol–water partition coefficient (Wildman–Crippen LogP) is 3.64. The summed E-state index contributed by atoms with van der Waals surface area (Å²) in [5.41, 5.74) is 2.19. The number of rotatable bonds is 2. The van der Waals surface area contributed by atoms with Crippen LogP contribution in [-0.4, -0.2) is 10.1 Å². The van der Waals surface area contributed by atoms with Crippen molar-refractivity contribution in [3.8, 4) is 16.3 Å². The van der Waals surface area contributed by atoms with E-state index in [1.807, 2.05) is 12.1 Å². The number of benzene rings is 1. The highest BCUT2D eigenvalue weighted by molar-refractivity contribution is 7.13. The van der Waals surface area contributed by atoms with Gasteiger partial charge in [0.1, 0.15) is 10.8 Å². The van der Waals surface area contributed by atoms with Gasteiger partial charge in [0.2, 0.25) is 0 Å². The fourth-order valence-electron chi connectivity index (χ4n) is 1.29. The van der Waals surface area contributed by atoms with E-state index in [4.69, 9.17) is 0 Å². The lowest BCUT2D eigenvalue weighted by Crippen LogP contribution is -1.86. The van der Waals surface area contributed by atoms with Gasteiger partial charge in [0.15, 0.2) is 0 Å². The summed E-state index contributed by atoms with van der Waals surface area (Å²) in [7, 11) is 0. The Bertz CT molecular complexity index is 445. The summed E-state index contributed by atoms with van der Waals surface area (Å²) in [5, 5.41) is 12.3. The molecule has 1 heterocycles. The van der Waals surface area contributed by atoms with E-state index < -0.39 is 0 Å². The van der Waals surface area contributed by atoms with Crippen molar-refractivity contribution >= 4 is 11.3 Å². The van der Waals surface area contributed by atoms with Crippen molar-refractivity contribution in [2.75, 3.05) is 0 Å². The van der Waals surface area contributed by atoms with Crippen LogP contribution in [0.5, 0.6) is 5.75 Å². The first kappa shape index (κ1) is 10.2. The maximum Gasteiger partial charge on any atom is 0.123 e. The summed E-state index contributed by atoms with van der Waals surface area (Å²) in [6.45, 7) is 4.27. The Hall–Kier alpha value is -1.35. The van der Waals surface area contributed by atoms with Gasteiger partial charge in [-0.3, -0.25) is 0 Å². The van der Waals surface area contributed by atoms with Crippen LogP contribution in [0.4, 0.5) is 0 Å². The number of aromatic nitrogens is 1. The molecule has 3 heteroatoms. The van der Waals surface area contributed by atoms with E-state index in [9.17, 15) is 5.11 Å². The van der Waals surface area contributed by atoms with E-state index in [0.717, 1.165) is 16.3 Å². The second-order valence-electron chi connectivity index (χ2n) is 3.78. The molecular weight excluding hydrogens is 206 g/mol. The molecule has 1 aromatic heterocycles. The van der Waals surface area contributed by atoms with Crippen LogP contribution in [0.15, 0.2) is 29.6 Å². The van der Waals surface area contributed by atoms with Gasteiger partial charge in [-0.1, -0.05) is 13.8 Å². The van der Waals surface area contributed by atoms with E-state index in [2.05, 4.69) is 24.2 Å². The minimum Gasteiger partial charge on any atom is -0.508 e. The highest BCUT2D eigenvalue weighted by Crippen LogP contribution is 2.27. The molecule has 0 atom stereocenters. The van der Waals surface area contributed by atoms with Gasteiger partial charge in [0, 0.05) is 10.9 Å². The highest BCUT2D eigenvalue weighted by Gasteiger charge is 2.06. The van der Waals surface area contributed by atoms with Crippen molar-refractivity contribution in [2.24, 2.45) is 0 Å². The topological polar surface area (TPSA) is 33.1 Å². The van der Waals surface area contributed by atoms with Gasteiger partial charge in [-0.2, -0.15) is 0 Å². The van der Waals surface area contributed by atoms with Crippen molar-refractivity contribution in [3.63, 3.8) is 0 Å². The Balaban J connectivity index is 2.33. The molecule has 0 aliphatic heterocycles. The summed E-state index contributed by atoms with van der Waals surface area (Å²) < 4.78 is 0. The number of phenolic OH excluding ortho intramolecular Hbond substituents is 1. The van der Waals surface area contributed by atoms with Crippen LogP contribution in [0.1, 0.15) is 25.5 Å². The Kier molecular flexibility index (Phi) is 2.73. The fourth-order valence-corrected chi connectivity index (χ4v) is 2.28. The van der Waals surface area contributed by atoms with Crippen LogP contribution in [0.2, 0.25) is 0 Å². The van der Waals surface area contributed by atoms with E-state index in [-0.39, 0.29) is 0 Å². The number of nitrogens with zero attached hydrogens (tertiary/aromatic N) is 1. The van der Waals surface area contributed by atoms with Gasteiger partial charge in [-0.05, 0) is 30.2 Å². The second kappa shape index (κ2) is 4.03. The van der Waals surface area contributed by atoms with E-state index in [1.165, 1.54) is 0 Å². The van der Waals surface area contributed by atoms with Gasteiger partial charge in [-0.25, -0.2) is 4.98 Å². The van der Waals surface area contributed by atoms with Gasteiger partial charge in [-0.15, -0.1) is 11.3 Å². The van der Waals surface area contributed by atoms with Gasteiger partial charge >= 0.3 is 0 Å². The molecule has 0 saturated carbocycles. The summed E-state index contributed by atoms with van der Waals surface area (Å²) in [5.74, 6) is 0.756.